The number of sulfonamides is 1. The zero-order valence-corrected chi connectivity index (χ0v) is 20.3. The quantitative estimate of drug-likeness (QED) is 0.507. The van der Waals surface area contributed by atoms with Gasteiger partial charge in [0.2, 0.25) is 0 Å². The van der Waals surface area contributed by atoms with Crippen molar-refractivity contribution in [1.29, 1.82) is 0 Å². The molecule has 0 saturated heterocycles. The molecule has 8 heteroatoms. The molecule has 178 valence electrons. The zero-order valence-electron chi connectivity index (χ0n) is 19.5. The van der Waals surface area contributed by atoms with Gasteiger partial charge in [0.05, 0.1) is 17.7 Å². The number of para-hydroxylation sites is 1. The van der Waals surface area contributed by atoms with Gasteiger partial charge >= 0.3 is 0 Å². The van der Waals surface area contributed by atoms with Gasteiger partial charge in [-0.25, -0.2) is 8.42 Å². The predicted octanol–water partition coefficient (Wildman–Crippen LogP) is 4.19. The summed E-state index contributed by atoms with van der Waals surface area (Å²) in [6.45, 7) is 2.05. The van der Waals surface area contributed by atoms with Crippen molar-refractivity contribution < 1.29 is 22.7 Å². The van der Waals surface area contributed by atoms with Crippen LogP contribution in [0.3, 0.4) is 0 Å². The van der Waals surface area contributed by atoms with Crippen LogP contribution in [0, 0.1) is 6.92 Å². The Kier molecular flexibility index (Phi) is 6.79. The van der Waals surface area contributed by atoms with Crippen LogP contribution in [-0.2, 0) is 21.2 Å². The van der Waals surface area contributed by atoms with E-state index < -0.39 is 10.0 Å². The van der Waals surface area contributed by atoms with Gasteiger partial charge in [-0.05, 0) is 79.4 Å². The molecular weight excluding hydrogens is 452 g/mol. The van der Waals surface area contributed by atoms with Crippen LogP contribution in [0.15, 0.2) is 71.6 Å². The molecule has 0 fully saturated rings. The second kappa shape index (κ2) is 9.77. The van der Waals surface area contributed by atoms with Crippen LogP contribution in [0.5, 0.6) is 11.5 Å². The number of ether oxygens (including phenoxy) is 2. The Morgan fingerprint density at radius 2 is 1.79 bits per heavy atom. The highest BCUT2D eigenvalue weighted by molar-refractivity contribution is 7.92. The molecule has 0 aliphatic carbocycles. The fraction of sp³-hybridized carbons (Fsp3) is 0.269. The van der Waals surface area contributed by atoms with Crippen LogP contribution in [0.4, 0.5) is 11.4 Å². The van der Waals surface area contributed by atoms with E-state index in [1.807, 2.05) is 24.3 Å². The van der Waals surface area contributed by atoms with Gasteiger partial charge in [-0.3, -0.25) is 9.10 Å². The molecule has 0 aromatic heterocycles. The maximum absolute atomic E-state index is 13.4. The second-order valence-corrected chi connectivity index (χ2v) is 10.0. The highest BCUT2D eigenvalue weighted by atomic mass is 32.2. The van der Waals surface area contributed by atoms with Crippen LogP contribution in [0.25, 0.3) is 0 Å². The van der Waals surface area contributed by atoms with Crippen LogP contribution < -0.4 is 18.7 Å². The van der Waals surface area contributed by atoms with E-state index in [2.05, 4.69) is 0 Å². The van der Waals surface area contributed by atoms with Crippen molar-refractivity contribution in [2.24, 2.45) is 0 Å². The SMILES string of the molecule is COc1ccc(N(C)C(=O)COc2ccc(S(=O)(=O)N3CCCc4ccccc43)cc2C)cc1. The Hall–Kier alpha value is -3.52. The lowest BCUT2D eigenvalue weighted by Gasteiger charge is -2.30. The monoisotopic (exact) mass is 480 g/mol. The van der Waals surface area contributed by atoms with Crippen molar-refractivity contribution >= 4 is 27.3 Å². The average molecular weight is 481 g/mol. The number of hydrogen-bond acceptors (Lipinski definition) is 5. The first-order valence-electron chi connectivity index (χ1n) is 11.1. The first-order chi connectivity index (χ1) is 16.3. The third kappa shape index (κ3) is 4.72. The topological polar surface area (TPSA) is 76.1 Å². The van der Waals surface area contributed by atoms with Crippen molar-refractivity contribution in [3.8, 4) is 11.5 Å². The van der Waals surface area contributed by atoms with E-state index in [1.54, 1.807) is 57.5 Å². The maximum Gasteiger partial charge on any atom is 0.264 e. The van der Waals surface area contributed by atoms with Crippen molar-refractivity contribution in [3.05, 3.63) is 77.9 Å². The molecule has 34 heavy (non-hydrogen) atoms. The third-order valence-corrected chi connectivity index (χ3v) is 7.80. The molecule has 1 aliphatic rings. The van der Waals surface area contributed by atoms with E-state index in [4.69, 9.17) is 9.47 Å². The molecule has 7 nitrogen and oxygen atoms in total. The molecule has 0 radical (unpaired) electrons. The van der Waals surface area contributed by atoms with Gasteiger partial charge in [0.25, 0.3) is 15.9 Å². The fourth-order valence-corrected chi connectivity index (χ4v) is 5.63. The molecule has 0 saturated carbocycles. The minimum atomic E-state index is -3.71. The number of aryl methyl sites for hydroxylation is 2. The van der Waals surface area contributed by atoms with E-state index in [0.29, 0.717) is 23.6 Å². The summed E-state index contributed by atoms with van der Waals surface area (Å²) in [5.74, 6) is 0.945. The molecule has 1 aliphatic heterocycles. The summed E-state index contributed by atoms with van der Waals surface area (Å²) < 4.78 is 39.1. The molecule has 0 atom stereocenters. The van der Waals surface area contributed by atoms with Gasteiger partial charge in [0.1, 0.15) is 11.5 Å². The van der Waals surface area contributed by atoms with Crippen LogP contribution in [-0.4, -0.2) is 41.6 Å². The third-order valence-electron chi connectivity index (χ3n) is 5.99. The van der Waals surface area contributed by atoms with Gasteiger partial charge in [-0.15, -0.1) is 0 Å². The number of hydrogen-bond donors (Lipinski definition) is 0. The summed E-state index contributed by atoms with van der Waals surface area (Å²) >= 11 is 0. The summed E-state index contributed by atoms with van der Waals surface area (Å²) in [5.41, 5.74) is 3.13. The molecule has 0 spiro atoms. The molecule has 0 unspecified atom stereocenters. The maximum atomic E-state index is 13.4. The first kappa shape index (κ1) is 23.6. The number of carbonyl (C=O) groups is 1. The Balaban J connectivity index is 1.46. The minimum Gasteiger partial charge on any atom is -0.497 e. The summed E-state index contributed by atoms with van der Waals surface area (Å²) in [6, 6.07) is 19.5. The Morgan fingerprint density at radius 3 is 2.50 bits per heavy atom. The largest absolute Gasteiger partial charge is 0.497 e. The van der Waals surface area contributed by atoms with E-state index in [1.165, 1.54) is 15.3 Å². The lowest BCUT2D eigenvalue weighted by atomic mass is 10.0. The summed E-state index contributed by atoms with van der Waals surface area (Å²) in [5, 5.41) is 0. The fourth-order valence-electron chi connectivity index (χ4n) is 4.01. The number of likely N-dealkylation sites (N-methyl/N-ethyl adjacent to an activating group) is 1. The minimum absolute atomic E-state index is 0.172. The highest BCUT2D eigenvalue weighted by Gasteiger charge is 2.29. The van der Waals surface area contributed by atoms with Gasteiger partial charge < -0.3 is 14.4 Å². The molecule has 3 aromatic carbocycles. The van der Waals surface area contributed by atoms with Crippen LogP contribution >= 0.6 is 0 Å². The second-order valence-electron chi connectivity index (χ2n) is 8.18. The molecule has 0 N–H and O–H groups in total. The van der Waals surface area contributed by atoms with Crippen molar-refractivity contribution in [3.63, 3.8) is 0 Å². The number of anilines is 2. The number of amides is 1. The number of rotatable bonds is 7. The molecule has 1 heterocycles. The number of fused-ring (bicyclic) bond motifs is 1. The van der Waals surface area contributed by atoms with Gasteiger partial charge in [-0.1, -0.05) is 18.2 Å². The smallest absolute Gasteiger partial charge is 0.264 e. The predicted molar refractivity (Wildman–Crippen MR) is 132 cm³/mol. The normalized spacial score (nSPS) is 13.2. The number of carbonyl (C=O) groups excluding carboxylic acids is 1. The van der Waals surface area contributed by atoms with Crippen molar-refractivity contribution in [1.82, 2.24) is 0 Å². The van der Waals surface area contributed by atoms with E-state index in [-0.39, 0.29) is 17.4 Å². The van der Waals surface area contributed by atoms with Crippen LogP contribution in [0.2, 0.25) is 0 Å². The van der Waals surface area contributed by atoms with Gasteiger partial charge in [-0.2, -0.15) is 0 Å². The summed E-state index contributed by atoms with van der Waals surface area (Å²) in [7, 11) is -0.450. The van der Waals surface area contributed by atoms with E-state index >= 15 is 0 Å². The molecule has 3 aromatic rings. The molecule has 1 amide bonds. The lowest BCUT2D eigenvalue weighted by molar-refractivity contribution is -0.120. The highest BCUT2D eigenvalue weighted by Crippen LogP contribution is 2.33. The standard InChI is InChI=1S/C26H28N2O5S/c1-19-17-23(34(30,31)28-16-6-8-20-7-4-5-9-24(20)28)14-15-25(19)33-18-26(29)27(2)21-10-12-22(32-3)13-11-21/h4-5,7,9-15,17H,6,8,16,18H2,1-3H3. The van der Waals surface area contributed by atoms with E-state index in [9.17, 15) is 13.2 Å². The van der Waals surface area contributed by atoms with Gasteiger partial charge in [0.15, 0.2) is 6.61 Å². The van der Waals surface area contributed by atoms with E-state index in [0.717, 1.165) is 29.8 Å². The number of nitrogens with zero attached hydrogens (tertiary/aromatic N) is 2. The first-order valence-corrected chi connectivity index (χ1v) is 12.5. The summed E-state index contributed by atoms with van der Waals surface area (Å²) in [6.07, 6.45) is 1.65. The molecule has 0 bridgehead atoms. The Labute approximate surface area is 200 Å². The summed E-state index contributed by atoms with van der Waals surface area (Å²) in [4.78, 5) is 14.3. The van der Waals surface area contributed by atoms with Gasteiger partial charge in [0, 0.05) is 19.3 Å². The Morgan fingerprint density at radius 1 is 1.06 bits per heavy atom. The molecule has 4 rings (SSSR count). The number of benzene rings is 3. The lowest BCUT2D eigenvalue weighted by Crippen LogP contribution is -2.35. The number of methoxy groups -OCH3 is 1. The van der Waals surface area contributed by atoms with Crippen LogP contribution in [0.1, 0.15) is 17.5 Å². The van der Waals surface area contributed by atoms with Crippen molar-refractivity contribution in [2.75, 3.05) is 36.5 Å². The average Bonchev–Trinajstić information content (AvgIpc) is 2.87. The zero-order chi connectivity index (χ0) is 24.3. The molecular formula is C26H28N2O5S. The Bertz CT molecular complexity index is 1290. The van der Waals surface area contributed by atoms with Crippen molar-refractivity contribution in [2.45, 2.75) is 24.7 Å².